The molecule has 1 N–H and O–H groups in total. The third-order valence-corrected chi connectivity index (χ3v) is 4.10. The molecule has 1 aromatic rings. The molecule has 1 heterocycles. The molecule has 0 fully saturated rings. The number of ketones is 1. The fraction of sp³-hybridized carbons (Fsp3) is 0.611. The van der Waals surface area contributed by atoms with Crippen molar-refractivity contribution in [1.29, 1.82) is 0 Å². The van der Waals surface area contributed by atoms with E-state index in [2.05, 4.69) is 4.98 Å². The number of H-pyrrole nitrogens is 1. The Bertz CT molecular complexity index is 631. The molecular weight excluding hydrogens is 308 g/mol. The summed E-state index contributed by atoms with van der Waals surface area (Å²) >= 11 is 0. The Hall–Kier alpha value is -2.11. The first-order valence-corrected chi connectivity index (χ1v) is 8.27. The highest BCUT2D eigenvalue weighted by Crippen LogP contribution is 2.22. The van der Waals surface area contributed by atoms with Gasteiger partial charge in [0.25, 0.3) is 0 Å². The average molecular weight is 336 g/mol. The summed E-state index contributed by atoms with van der Waals surface area (Å²) in [7, 11) is 1.64. The van der Waals surface area contributed by atoms with E-state index < -0.39 is 12.0 Å². The number of ether oxygens (including phenoxy) is 1. The molecule has 1 amide bonds. The highest BCUT2D eigenvalue weighted by molar-refractivity contribution is 6.06. The van der Waals surface area contributed by atoms with Crippen LogP contribution in [0.3, 0.4) is 0 Å². The number of esters is 1. The van der Waals surface area contributed by atoms with Gasteiger partial charge in [0.1, 0.15) is 5.69 Å². The summed E-state index contributed by atoms with van der Waals surface area (Å²) in [6.45, 7) is 11.1. The van der Waals surface area contributed by atoms with Crippen molar-refractivity contribution in [2.45, 2.75) is 54.0 Å². The number of aryl methyl sites for hydroxylation is 1. The van der Waals surface area contributed by atoms with Crippen molar-refractivity contribution in [1.82, 2.24) is 9.88 Å². The van der Waals surface area contributed by atoms with Crippen LogP contribution in [0, 0.1) is 19.8 Å². The molecule has 0 aliphatic heterocycles. The first kappa shape index (κ1) is 19.9. The Morgan fingerprint density at radius 2 is 1.75 bits per heavy atom. The van der Waals surface area contributed by atoms with Crippen molar-refractivity contribution in [3.63, 3.8) is 0 Å². The van der Waals surface area contributed by atoms with Gasteiger partial charge >= 0.3 is 5.97 Å². The fourth-order valence-corrected chi connectivity index (χ4v) is 2.62. The number of nitrogens with zero attached hydrogens (tertiary/aromatic N) is 1. The van der Waals surface area contributed by atoms with Crippen molar-refractivity contribution in [2.75, 3.05) is 13.7 Å². The molecule has 0 bridgehead atoms. The standard InChI is InChI=1S/C18H28N2O4/c1-8-24-18(23)16-11(4)15(12(5)19-16)17(22)13(6)20(7)14(21)9-10(2)3/h10,13,19H,8-9H2,1-7H3/t13-/m0/s1. The largest absolute Gasteiger partial charge is 0.461 e. The zero-order valence-corrected chi connectivity index (χ0v) is 15.6. The number of carbonyl (C=O) groups is 3. The van der Waals surface area contributed by atoms with Crippen LogP contribution in [0.1, 0.15) is 66.2 Å². The van der Waals surface area contributed by atoms with E-state index in [0.717, 1.165) is 0 Å². The van der Waals surface area contributed by atoms with Crippen LogP contribution < -0.4 is 0 Å². The van der Waals surface area contributed by atoms with Crippen LogP contribution in [-0.2, 0) is 9.53 Å². The van der Waals surface area contributed by atoms with Crippen LogP contribution in [0.2, 0.25) is 0 Å². The van der Waals surface area contributed by atoms with Crippen LogP contribution in [-0.4, -0.2) is 47.2 Å². The minimum atomic E-state index is -0.598. The third kappa shape index (κ3) is 4.24. The predicted molar refractivity (Wildman–Crippen MR) is 92.2 cm³/mol. The maximum absolute atomic E-state index is 12.8. The fourth-order valence-electron chi connectivity index (χ4n) is 2.62. The molecule has 6 heteroatoms. The quantitative estimate of drug-likeness (QED) is 0.613. The molecule has 1 aromatic heterocycles. The second kappa shape index (κ2) is 8.13. The van der Waals surface area contributed by atoms with Crippen LogP contribution >= 0.6 is 0 Å². The number of Topliss-reactive ketones (excluding diaryl/α,β-unsaturated/α-hetero) is 1. The smallest absolute Gasteiger partial charge is 0.355 e. The van der Waals surface area contributed by atoms with Gasteiger partial charge in [-0.15, -0.1) is 0 Å². The summed E-state index contributed by atoms with van der Waals surface area (Å²) in [5.74, 6) is -0.499. The van der Waals surface area contributed by atoms with Crippen LogP contribution in [0.25, 0.3) is 0 Å². The molecule has 24 heavy (non-hydrogen) atoms. The minimum Gasteiger partial charge on any atom is -0.461 e. The van der Waals surface area contributed by atoms with Crippen molar-refractivity contribution in [3.05, 3.63) is 22.5 Å². The second-order valence-electron chi connectivity index (χ2n) is 6.49. The molecule has 0 aliphatic rings. The first-order valence-electron chi connectivity index (χ1n) is 8.27. The summed E-state index contributed by atoms with van der Waals surface area (Å²) < 4.78 is 5.00. The van der Waals surface area contributed by atoms with Gasteiger partial charge in [-0.3, -0.25) is 9.59 Å². The maximum Gasteiger partial charge on any atom is 0.355 e. The Kier molecular flexibility index (Phi) is 6.75. The van der Waals surface area contributed by atoms with Crippen LogP contribution in [0.5, 0.6) is 0 Å². The lowest BCUT2D eigenvalue weighted by Gasteiger charge is -2.25. The highest BCUT2D eigenvalue weighted by Gasteiger charge is 2.29. The Morgan fingerprint density at radius 3 is 2.25 bits per heavy atom. The minimum absolute atomic E-state index is 0.0673. The predicted octanol–water partition coefficient (Wildman–Crippen LogP) is 2.88. The lowest BCUT2D eigenvalue weighted by atomic mass is 9.99. The van der Waals surface area contributed by atoms with Gasteiger partial charge in [0, 0.05) is 24.7 Å². The number of rotatable bonds is 7. The summed E-state index contributed by atoms with van der Waals surface area (Å²) in [4.78, 5) is 41.4. The highest BCUT2D eigenvalue weighted by atomic mass is 16.5. The number of likely N-dealkylation sites (N-methyl/N-ethyl adjacent to an activating group) is 1. The third-order valence-electron chi connectivity index (χ3n) is 4.10. The number of aromatic amines is 1. The van der Waals surface area contributed by atoms with Gasteiger partial charge < -0.3 is 14.6 Å². The van der Waals surface area contributed by atoms with Gasteiger partial charge in [-0.1, -0.05) is 13.8 Å². The lowest BCUT2D eigenvalue weighted by Crippen LogP contribution is -2.41. The monoisotopic (exact) mass is 336 g/mol. The number of amides is 1. The van der Waals surface area contributed by atoms with Crippen molar-refractivity contribution in [3.8, 4) is 0 Å². The number of carbonyl (C=O) groups excluding carboxylic acids is 3. The SMILES string of the molecule is CCOC(=O)c1[nH]c(C)c(C(=O)[C@H](C)N(C)C(=O)CC(C)C)c1C. The van der Waals surface area contributed by atoms with Gasteiger partial charge in [0.15, 0.2) is 5.78 Å². The molecule has 1 rings (SSSR count). The molecule has 0 aromatic carbocycles. The Morgan fingerprint density at radius 1 is 1.17 bits per heavy atom. The van der Waals surface area contributed by atoms with E-state index in [9.17, 15) is 14.4 Å². The van der Waals surface area contributed by atoms with Gasteiger partial charge in [0.2, 0.25) is 5.91 Å². The van der Waals surface area contributed by atoms with Crippen LogP contribution in [0.15, 0.2) is 0 Å². The zero-order chi connectivity index (χ0) is 18.6. The number of hydrogen-bond donors (Lipinski definition) is 1. The zero-order valence-electron chi connectivity index (χ0n) is 15.6. The molecule has 1 atom stereocenters. The molecule has 0 unspecified atom stereocenters. The molecule has 134 valence electrons. The molecule has 0 saturated carbocycles. The topological polar surface area (TPSA) is 79.5 Å². The van der Waals surface area contributed by atoms with Crippen LogP contribution in [0.4, 0.5) is 0 Å². The molecular formula is C18H28N2O4. The molecule has 0 saturated heterocycles. The normalized spacial score (nSPS) is 12.2. The Labute approximate surface area is 143 Å². The molecule has 6 nitrogen and oxygen atoms in total. The number of nitrogens with one attached hydrogen (secondary N) is 1. The summed E-state index contributed by atoms with van der Waals surface area (Å²) in [5.41, 5.74) is 1.92. The average Bonchev–Trinajstić information content (AvgIpc) is 2.79. The first-order chi connectivity index (χ1) is 11.1. The van der Waals surface area contributed by atoms with Gasteiger partial charge in [-0.25, -0.2) is 4.79 Å². The van der Waals surface area contributed by atoms with Gasteiger partial charge in [0.05, 0.1) is 12.6 Å². The molecule has 0 radical (unpaired) electrons. The van der Waals surface area contributed by atoms with E-state index in [4.69, 9.17) is 4.74 Å². The Balaban J connectivity index is 3.07. The maximum atomic E-state index is 12.8. The van der Waals surface area contributed by atoms with Crippen molar-refractivity contribution < 1.29 is 19.1 Å². The number of hydrogen-bond acceptors (Lipinski definition) is 4. The lowest BCUT2D eigenvalue weighted by molar-refractivity contribution is -0.131. The van der Waals surface area contributed by atoms with Gasteiger partial charge in [-0.05, 0) is 39.2 Å². The van der Waals surface area contributed by atoms with E-state index in [1.807, 2.05) is 13.8 Å². The van der Waals surface area contributed by atoms with E-state index in [1.54, 1.807) is 34.7 Å². The molecule has 0 spiro atoms. The number of aromatic nitrogens is 1. The summed E-state index contributed by atoms with van der Waals surface area (Å²) in [5, 5.41) is 0. The van der Waals surface area contributed by atoms with Crippen molar-refractivity contribution in [2.24, 2.45) is 5.92 Å². The van der Waals surface area contributed by atoms with Crippen molar-refractivity contribution >= 4 is 17.7 Å². The van der Waals surface area contributed by atoms with Gasteiger partial charge in [-0.2, -0.15) is 0 Å². The van der Waals surface area contributed by atoms with E-state index in [0.29, 0.717) is 28.9 Å². The van der Waals surface area contributed by atoms with E-state index >= 15 is 0 Å². The summed E-state index contributed by atoms with van der Waals surface area (Å²) in [6.07, 6.45) is 0.396. The van der Waals surface area contributed by atoms with E-state index in [1.165, 1.54) is 4.90 Å². The second-order valence-corrected chi connectivity index (χ2v) is 6.49. The van der Waals surface area contributed by atoms with E-state index in [-0.39, 0.29) is 24.2 Å². The molecule has 0 aliphatic carbocycles. The summed E-state index contributed by atoms with van der Waals surface area (Å²) in [6, 6.07) is -0.598.